The van der Waals surface area contributed by atoms with E-state index in [0.717, 1.165) is 10.0 Å². The monoisotopic (exact) mass is 323 g/mol. The molecule has 0 atom stereocenters. The molecule has 0 bridgehead atoms. The zero-order valence-corrected chi connectivity index (χ0v) is 11.3. The maximum absolute atomic E-state index is 10.7. The van der Waals surface area contributed by atoms with Gasteiger partial charge in [0.25, 0.3) is 5.69 Å². The van der Waals surface area contributed by atoms with Crippen molar-refractivity contribution in [1.29, 1.82) is 0 Å². The SMILES string of the molecule is Nc1cc([N+](=O)[O-])cc(OCc2ccccc2Br)n1. The molecule has 0 fully saturated rings. The van der Waals surface area contributed by atoms with Crippen LogP contribution in [0.15, 0.2) is 40.9 Å². The van der Waals surface area contributed by atoms with Gasteiger partial charge in [0.05, 0.1) is 17.1 Å². The number of nitro groups is 1. The van der Waals surface area contributed by atoms with Crippen LogP contribution in [0.5, 0.6) is 5.88 Å². The van der Waals surface area contributed by atoms with Gasteiger partial charge in [-0.2, -0.15) is 4.98 Å². The summed E-state index contributed by atoms with van der Waals surface area (Å²) in [7, 11) is 0. The van der Waals surface area contributed by atoms with Crippen LogP contribution in [0.3, 0.4) is 0 Å². The molecule has 1 aromatic carbocycles. The molecule has 0 saturated heterocycles. The van der Waals surface area contributed by atoms with Crippen LogP contribution in [0.2, 0.25) is 0 Å². The maximum atomic E-state index is 10.7. The third kappa shape index (κ3) is 3.41. The third-order valence-corrected chi connectivity index (χ3v) is 3.12. The highest BCUT2D eigenvalue weighted by Crippen LogP contribution is 2.22. The Balaban J connectivity index is 2.16. The number of hydrogen-bond donors (Lipinski definition) is 1. The zero-order valence-electron chi connectivity index (χ0n) is 9.75. The second-order valence-electron chi connectivity index (χ2n) is 3.73. The number of hydrogen-bond acceptors (Lipinski definition) is 5. The summed E-state index contributed by atoms with van der Waals surface area (Å²) >= 11 is 3.39. The molecule has 1 aromatic heterocycles. The summed E-state index contributed by atoms with van der Waals surface area (Å²) in [6.07, 6.45) is 0. The average molecular weight is 324 g/mol. The van der Waals surface area contributed by atoms with E-state index in [1.165, 1.54) is 12.1 Å². The summed E-state index contributed by atoms with van der Waals surface area (Å²) < 4.78 is 6.32. The van der Waals surface area contributed by atoms with Gasteiger partial charge in [-0.3, -0.25) is 10.1 Å². The van der Waals surface area contributed by atoms with Crippen molar-refractivity contribution in [2.24, 2.45) is 0 Å². The fourth-order valence-corrected chi connectivity index (χ4v) is 1.86. The van der Waals surface area contributed by atoms with Gasteiger partial charge in [0, 0.05) is 10.0 Å². The van der Waals surface area contributed by atoms with Gasteiger partial charge < -0.3 is 10.5 Å². The van der Waals surface area contributed by atoms with Gasteiger partial charge in [0.2, 0.25) is 5.88 Å². The minimum atomic E-state index is -0.538. The molecule has 0 aliphatic carbocycles. The van der Waals surface area contributed by atoms with Crippen molar-refractivity contribution in [2.75, 3.05) is 5.73 Å². The Morgan fingerprint density at radius 2 is 2.11 bits per heavy atom. The third-order valence-electron chi connectivity index (χ3n) is 2.35. The topological polar surface area (TPSA) is 91.3 Å². The van der Waals surface area contributed by atoms with Crippen LogP contribution in [-0.2, 0) is 6.61 Å². The zero-order chi connectivity index (χ0) is 13.8. The number of pyridine rings is 1. The van der Waals surface area contributed by atoms with Crippen LogP contribution in [0.1, 0.15) is 5.56 Å². The predicted molar refractivity (Wildman–Crippen MR) is 73.8 cm³/mol. The first-order valence-electron chi connectivity index (χ1n) is 5.34. The molecule has 1 heterocycles. The summed E-state index contributed by atoms with van der Waals surface area (Å²) in [5, 5.41) is 10.7. The van der Waals surface area contributed by atoms with Crippen molar-refractivity contribution < 1.29 is 9.66 Å². The standard InChI is InChI=1S/C12H10BrN3O3/c13-10-4-2-1-3-8(10)7-19-12-6-9(16(17)18)5-11(14)15-12/h1-6H,7H2,(H2,14,15). The molecule has 2 N–H and O–H groups in total. The number of nitrogens with two attached hydrogens (primary N) is 1. The van der Waals surface area contributed by atoms with Crippen molar-refractivity contribution in [3.8, 4) is 5.88 Å². The first-order valence-corrected chi connectivity index (χ1v) is 6.14. The van der Waals surface area contributed by atoms with Crippen molar-refractivity contribution in [3.63, 3.8) is 0 Å². The van der Waals surface area contributed by atoms with E-state index in [9.17, 15) is 10.1 Å². The summed E-state index contributed by atoms with van der Waals surface area (Å²) in [4.78, 5) is 14.1. The number of rotatable bonds is 4. The van der Waals surface area contributed by atoms with E-state index in [1.54, 1.807) is 0 Å². The van der Waals surface area contributed by atoms with Gasteiger partial charge in [-0.15, -0.1) is 0 Å². The first-order chi connectivity index (χ1) is 9.06. The molecule has 0 aliphatic rings. The molecule has 0 radical (unpaired) electrons. The number of aromatic nitrogens is 1. The fourth-order valence-electron chi connectivity index (χ4n) is 1.46. The molecule has 0 spiro atoms. The van der Waals surface area contributed by atoms with Crippen molar-refractivity contribution in [2.45, 2.75) is 6.61 Å². The Bertz CT molecular complexity index is 619. The van der Waals surface area contributed by atoms with Crippen LogP contribution < -0.4 is 10.5 Å². The molecule has 6 nitrogen and oxygen atoms in total. The van der Waals surface area contributed by atoms with Gasteiger partial charge >= 0.3 is 0 Å². The Labute approximate surface area is 117 Å². The van der Waals surface area contributed by atoms with Gasteiger partial charge in [-0.25, -0.2) is 0 Å². The summed E-state index contributed by atoms with van der Waals surface area (Å²) in [5.41, 5.74) is 6.26. The number of anilines is 1. The Morgan fingerprint density at radius 1 is 1.37 bits per heavy atom. The van der Waals surface area contributed by atoms with Crippen LogP contribution in [0.25, 0.3) is 0 Å². The predicted octanol–water partition coefficient (Wildman–Crippen LogP) is 2.91. The molecule has 0 unspecified atom stereocenters. The van der Waals surface area contributed by atoms with E-state index in [-0.39, 0.29) is 24.0 Å². The molecule has 0 aliphatic heterocycles. The molecule has 98 valence electrons. The molecule has 0 saturated carbocycles. The summed E-state index contributed by atoms with van der Waals surface area (Å²) in [6, 6.07) is 9.95. The minimum absolute atomic E-state index is 0.0522. The molecule has 2 aromatic rings. The minimum Gasteiger partial charge on any atom is -0.473 e. The Morgan fingerprint density at radius 3 is 2.79 bits per heavy atom. The molecule has 0 amide bonds. The van der Waals surface area contributed by atoms with Gasteiger partial charge in [0.15, 0.2) is 0 Å². The summed E-state index contributed by atoms with van der Waals surface area (Å²) in [5.74, 6) is 0.179. The lowest BCUT2D eigenvalue weighted by molar-refractivity contribution is -0.384. The lowest BCUT2D eigenvalue weighted by atomic mass is 10.2. The quantitative estimate of drug-likeness (QED) is 0.690. The van der Waals surface area contributed by atoms with Crippen LogP contribution in [0, 0.1) is 10.1 Å². The highest BCUT2D eigenvalue weighted by molar-refractivity contribution is 9.10. The Kier molecular flexibility index (Phi) is 3.96. The molecule has 2 rings (SSSR count). The van der Waals surface area contributed by atoms with Crippen molar-refractivity contribution in [1.82, 2.24) is 4.98 Å². The molecular weight excluding hydrogens is 314 g/mol. The van der Waals surface area contributed by atoms with E-state index in [4.69, 9.17) is 10.5 Å². The molecule has 19 heavy (non-hydrogen) atoms. The maximum Gasteiger partial charge on any atom is 0.278 e. The Hall–Kier alpha value is -2.15. The van der Waals surface area contributed by atoms with E-state index in [2.05, 4.69) is 20.9 Å². The van der Waals surface area contributed by atoms with Gasteiger partial charge in [-0.05, 0) is 6.07 Å². The van der Waals surface area contributed by atoms with E-state index >= 15 is 0 Å². The number of benzene rings is 1. The van der Waals surface area contributed by atoms with Gasteiger partial charge in [0.1, 0.15) is 12.4 Å². The largest absolute Gasteiger partial charge is 0.473 e. The lowest BCUT2D eigenvalue weighted by Crippen LogP contribution is -2.01. The first kappa shape index (κ1) is 13.3. The number of nitrogen functional groups attached to an aromatic ring is 1. The average Bonchev–Trinajstić information content (AvgIpc) is 2.37. The fraction of sp³-hybridized carbons (Fsp3) is 0.0833. The number of nitrogens with zero attached hydrogens (tertiary/aromatic N) is 2. The van der Waals surface area contributed by atoms with Crippen molar-refractivity contribution in [3.05, 3.63) is 56.5 Å². The van der Waals surface area contributed by atoms with Crippen LogP contribution >= 0.6 is 15.9 Å². The summed E-state index contributed by atoms with van der Waals surface area (Å²) in [6.45, 7) is 0.245. The number of ether oxygens (including phenoxy) is 1. The number of halogens is 1. The highest BCUT2D eigenvalue weighted by atomic mass is 79.9. The molecule has 7 heteroatoms. The van der Waals surface area contributed by atoms with Crippen molar-refractivity contribution >= 4 is 27.4 Å². The normalized spacial score (nSPS) is 10.2. The van der Waals surface area contributed by atoms with E-state index < -0.39 is 4.92 Å². The van der Waals surface area contributed by atoms with Crippen LogP contribution in [0.4, 0.5) is 11.5 Å². The van der Waals surface area contributed by atoms with E-state index in [1.807, 2.05) is 24.3 Å². The molecular formula is C12H10BrN3O3. The van der Waals surface area contributed by atoms with Crippen LogP contribution in [-0.4, -0.2) is 9.91 Å². The van der Waals surface area contributed by atoms with Gasteiger partial charge in [-0.1, -0.05) is 34.1 Å². The lowest BCUT2D eigenvalue weighted by Gasteiger charge is -2.07. The second kappa shape index (κ2) is 5.66. The smallest absolute Gasteiger partial charge is 0.278 e. The second-order valence-corrected chi connectivity index (χ2v) is 4.58. The van der Waals surface area contributed by atoms with E-state index in [0.29, 0.717) is 0 Å². The highest BCUT2D eigenvalue weighted by Gasteiger charge is 2.11.